The summed E-state index contributed by atoms with van der Waals surface area (Å²) in [5.41, 5.74) is 0.294. The molecule has 0 aromatic carbocycles. The first-order valence-electron chi connectivity index (χ1n) is 6.12. The van der Waals surface area contributed by atoms with E-state index in [0.717, 1.165) is 0 Å². The number of hydrogen-bond donors (Lipinski definition) is 1. The third-order valence-electron chi connectivity index (χ3n) is 2.76. The summed E-state index contributed by atoms with van der Waals surface area (Å²) in [5, 5.41) is 6.67. The molecule has 3 aromatic rings. The minimum atomic E-state index is -0.820. The lowest BCUT2D eigenvalue weighted by molar-refractivity contribution is 0.102. The van der Waals surface area contributed by atoms with Crippen LogP contribution >= 0.6 is 0 Å². The number of halogens is 1. The van der Waals surface area contributed by atoms with E-state index >= 15 is 0 Å². The molecule has 0 aliphatic rings. The summed E-state index contributed by atoms with van der Waals surface area (Å²) in [6.07, 6.45) is 6.16. The molecule has 7 heteroatoms. The molecule has 0 unspecified atom stereocenters. The molecule has 0 fully saturated rings. The Bertz CT molecular complexity index is 773. The third-order valence-corrected chi connectivity index (χ3v) is 2.76. The van der Waals surface area contributed by atoms with E-state index in [4.69, 9.17) is 0 Å². The first-order chi connectivity index (χ1) is 10.3. The van der Waals surface area contributed by atoms with Gasteiger partial charge in [0.25, 0.3) is 5.91 Å². The maximum Gasteiger partial charge on any atom is 0.260 e. The maximum absolute atomic E-state index is 13.5. The minimum absolute atomic E-state index is 0.132. The van der Waals surface area contributed by atoms with E-state index in [1.165, 1.54) is 23.0 Å². The van der Waals surface area contributed by atoms with Gasteiger partial charge in [0.15, 0.2) is 5.82 Å². The van der Waals surface area contributed by atoms with Crippen LogP contribution < -0.4 is 5.32 Å². The van der Waals surface area contributed by atoms with E-state index in [-0.39, 0.29) is 5.56 Å². The minimum Gasteiger partial charge on any atom is -0.319 e. The average molecular weight is 283 g/mol. The zero-order chi connectivity index (χ0) is 14.7. The van der Waals surface area contributed by atoms with Gasteiger partial charge in [-0.05, 0) is 30.3 Å². The average Bonchev–Trinajstić information content (AvgIpc) is 3.02. The Hall–Kier alpha value is -3.09. The molecule has 0 radical (unpaired) electrons. The highest BCUT2D eigenvalue weighted by Crippen LogP contribution is 2.17. The lowest BCUT2D eigenvalue weighted by Crippen LogP contribution is -2.16. The molecule has 0 aliphatic heterocycles. The number of carbonyl (C=O) groups excluding carboxylic acids is 1. The van der Waals surface area contributed by atoms with Crippen LogP contribution in [0.3, 0.4) is 0 Å². The Morgan fingerprint density at radius 1 is 1.10 bits per heavy atom. The molecule has 3 heterocycles. The molecule has 1 amide bonds. The topological polar surface area (TPSA) is 72.7 Å². The molecular weight excluding hydrogens is 273 g/mol. The highest BCUT2D eigenvalue weighted by molar-refractivity contribution is 6.05. The molecule has 0 bridgehead atoms. The van der Waals surface area contributed by atoms with E-state index in [1.54, 1.807) is 36.8 Å². The van der Waals surface area contributed by atoms with Gasteiger partial charge in [0.05, 0.1) is 11.3 Å². The predicted octanol–water partition coefficient (Wildman–Crippen LogP) is 2.05. The van der Waals surface area contributed by atoms with Crippen molar-refractivity contribution in [1.82, 2.24) is 19.7 Å². The standard InChI is InChI=1S/C14H10FN5O/c15-12-10(4-1-6-16-12)14(21)19-11-5-2-7-17-13(11)20-9-3-8-18-20/h1-9H,(H,19,21). The number of anilines is 1. The summed E-state index contributed by atoms with van der Waals surface area (Å²) in [4.78, 5) is 19.7. The summed E-state index contributed by atoms with van der Waals surface area (Å²) in [6, 6.07) is 7.93. The Kier molecular flexibility index (Phi) is 3.38. The number of rotatable bonds is 3. The fourth-order valence-corrected chi connectivity index (χ4v) is 1.82. The molecule has 6 nitrogen and oxygen atoms in total. The molecule has 0 atom stereocenters. The summed E-state index contributed by atoms with van der Waals surface area (Å²) in [7, 11) is 0. The number of amides is 1. The molecule has 3 rings (SSSR count). The fourth-order valence-electron chi connectivity index (χ4n) is 1.82. The second-order valence-corrected chi connectivity index (χ2v) is 4.12. The zero-order valence-electron chi connectivity index (χ0n) is 10.8. The summed E-state index contributed by atoms with van der Waals surface area (Å²) >= 11 is 0. The Balaban J connectivity index is 1.93. The van der Waals surface area contributed by atoms with Crippen LogP contribution in [0.25, 0.3) is 5.82 Å². The number of hydrogen-bond acceptors (Lipinski definition) is 4. The van der Waals surface area contributed by atoms with Crippen molar-refractivity contribution in [2.75, 3.05) is 5.32 Å². The monoisotopic (exact) mass is 283 g/mol. The molecular formula is C14H10FN5O. The summed E-state index contributed by atoms with van der Waals surface area (Å²) in [6.45, 7) is 0. The Labute approximate surface area is 119 Å². The number of nitrogens with zero attached hydrogens (tertiary/aromatic N) is 4. The van der Waals surface area contributed by atoms with Crippen molar-refractivity contribution in [3.63, 3.8) is 0 Å². The first-order valence-corrected chi connectivity index (χ1v) is 6.12. The van der Waals surface area contributed by atoms with Crippen molar-refractivity contribution in [2.45, 2.75) is 0 Å². The van der Waals surface area contributed by atoms with Crippen LogP contribution in [0.1, 0.15) is 10.4 Å². The van der Waals surface area contributed by atoms with Crippen LogP contribution in [-0.4, -0.2) is 25.7 Å². The first kappa shape index (κ1) is 12.9. The van der Waals surface area contributed by atoms with Crippen molar-refractivity contribution >= 4 is 11.6 Å². The van der Waals surface area contributed by atoms with Crippen LogP contribution in [0.2, 0.25) is 0 Å². The van der Waals surface area contributed by atoms with Gasteiger partial charge < -0.3 is 5.32 Å². The van der Waals surface area contributed by atoms with E-state index < -0.39 is 11.9 Å². The number of aromatic nitrogens is 4. The molecule has 104 valence electrons. The SMILES string of the molecule is O=C(Nc1cccnc1-n1cccn1)c1cccnc1F. The van der Waals surface area contributed by atoms with Gasteiger partial charge in [-0.2, -0.15) is 9.49 Å². The number of pyridine rings is 2. The van der Waals surface area contributed by atoms with Gasteiger partial charge in [-0.25, -0.2) is 14.6 Å². The van der Waals surface area contributed by atoms with E-state index in [0.29, 0.717) is 11.5 Å². The van der Waals surface area contributed by atoms with Crippen molar-refractivity contribution < 1.29 is 9.18 Å². The lowest BCUT2D eigenvalue weighted by Gasteiger charge is -2.10. The van der Waals surface area contributed by atoms with Gasteiger partial charge in [0, 0.05) is 24.8 Å². The van der Waals surface area contributed by atoms with Crippen LogP contribution in [0.4, 0.5) is 10.1 Å². The molecule has 0 aliphatic carbocycles. The van der Waals surface area contributed by atoms with E-state index in [1.807, 2.05) is 0 Å². The van der Waals surface area contributed by atoms with Crippen LogP contribution in [-0.2, 0) is 0 Å². The molecule has 1 N–H and O–H groups in total. The zero-order valence-corrected chi connectivity index (χ0v) is 10.8. The van der Waals surface area contributed by atoms with Crippen molar-refractivity contribution in [2.24, 2.45) is 0 Å². The largest absolute Gasteiger partial charge is 0.319 e. The predicted molar refractivity (Wildman–Crippen MR) is 73.5 cm³/mol. The van der Waals surface area contributed by atoms with Gasteiger partial charge >= 0.3 is 0 Å². The second-order valence-electron chi connectivity index (χ2n) is 4.12. The summed E-state index contributed by atoms with van der Waals surface area (Å²) < 4.78 is 15.0. The highest BCUT2D eigenvalue weighted by atomic mass is 19.1. The quantitative estimate of drug-likeness (QED) is 0.747. The Morgan fingerprint density at radius 2 is 1.90 bits per heavy atom. The molecule has 0 saturated heterocycles. The maximum atomic E-state index is 13.5. The smallest absolute Gasteiger partial charge is 0.260 e. The lowest BCUT2D eigenvalue weighted by atomic mass is 10.2. The van der Waals surface area contributed by atoms with Crippen molar-refractivity contribution in [3.05, 3.63) is 66.6 Å². The third kappa shape index (κ3) is 2.62. The van der Waals surface area contributed by atoms with Crippen LogP contribution in [0.15, 0.2) is 55.1 Å². The van der Waals surface area contributed by atoms with Crippen molar-refractivity contribution in [1.29, 1.82) is 0 Å². The van der Waals surface area contributed by atoms with Gasteiger partial charge in [0.1, 0.15) is 0 Å². The molecule has 3 aromatic heterocycles. The van der Waals surface area contributed by atoms with Crippen LogP contribution in [0.5, 0.6) is 0 Å². The molecule has 21 heavy (non-hydrogen) atoms. The normalized spacial score (nSPS) is 10.3. The van der Waals surface area contributed by atoms with Gasteiger partial charge in [-0.1, -0.05) is 0 Å². The van der Waals surface area contributed by atoms with Crippen LogP contribution in [0, 0.1) is 5.95 Å². The van der Waals surface area contributed by atoms with Gasteiger partial charge in [0.2, 0.25) is 5.95 Å². The highest BCUT2D eigenvalue weighted by Gasteiger charge is 2.15. The molecule has 0 spiro atoms. The fraction of sp³-hybridized carbons (Fsp3) is 0. The summed E-state index contributed by atoms with van der Waals surface area (Å²) in [5.74, 6) is -0.971. The molecule has 0 saturated carbocycles. The number of carbonyl (C=O) groups is 1. The second kappa shape index (κ2) is 5.49. The van der Waals surface area contributed by atoms with Gasteiger partial charge in [-0.15, -0.1) is 0 Å². The van der Waals surface area contributed by atoms with Crippen molar-refractivity contribution in [3.8, 4) is 5.82 Å². The Morgan fingerprint density at radius 3 is 2.67 bits per heavy atom. The number of nitrogens with one attached hydrogen (secondary N) is 1. The van der Waals surface area contributed by atoms with Gasteiger partial charge in [-0.3, -0.25) is 4.79 Å². The van der Waals surface area contributed by atoms with E-state index in [2.05, 4.69) is 20.4 Å². The van der Waals surface area contributed by atoms with E-state index in [9.17, 15) is 9.18 Å².